The zero-order valence-corrected chi connectivity index (χ0v) is 10.8. The summed E-state index contributed by atoms with van der Waals surface area (Å²) in [6.07, 6.45) is -6.97. The molecule has 0 heterocycles. The number of nitrogens with two attached hydrogens (primary N) is 1. The third-order valence-corrected chi connectivity index (χ3v) is 2.14. The van der Waals surface area contributed by atoms with Crippen molar-refractivity contribution in [2.75, 3.05) is 6.61 Å². The summed E-state index contributed by atoms with van der Waals surface area (Å²) < 4.78 is 0. The van der Waals surface area contributed by atoms with Crippen LogP contribution < -0.4 is 5.73 Å². The first-order valence-electron chi connectivity index (χ1n) is 5.57. The molecule has 0 rings (SSSR count). The Morgan fingerprint density at radius 3 is 1.76 bits per heavy atom. The average molecular weight is 313 g/mol. The van der Waals surface area contributed by atoms with Gasteiger partial charge >= 0.3 is 11.9 Å². The van der Waals surface area contributed by atoms with Crippen LogP contribution in [0, 0.1) is 0 Å². The van der Waals surface area contributed by atoms with Crippen LogP contribution in [0.25, 0.3) is 0 Å². The number of rotatable bonds is 8. The van der Waals surface area contributed by atoms with E-state index in [0.29, 0.717) is 0 Å². The van der Waals surface area contributed by atoms with Crippen molar-refractivity contribution < 1.29 is 50.1 Å². The van der Waals surface area contributed by atoms with E-state index in [1.54, 1.807) is 0 Å². The number of carbonyl (C=O) groups is 3. The van der Waals surface area contributed by atoms with Gasteiger partial charge in [0.1, 0.15) is 24.6 Å². The lowest BCUT2D eigenvalue weighted by atomic mass is 10.0. The van der Waals surface area contributed by atoms with Gasteiger partial charge in [0, 0.05) is 0 Å². The van der Waals surface area contributed by atoms with Crippen LogP contribution in [0.2, 0.25) is 0 Å². The van der Waals surface area contributed by atoms with E-state index in [4.69, 9.17) is 41.5 Å². The molecule has 0 spiro atoms. The fourth-order valence-corrected chi connectivity index (χ4v) is 0.896. The van der Waals surface area contributed by atoms with Crippen molar-refractivity contribution in [2.24, 2.45) is 5.73 Å². The van der Waals surface area contributed by atoms with Crippen LogP contribution in [0.5, 0.6) is 0 Å². The van der Waals surface area contributed by atoms with Gasteiger partial charge in [-0.15, -0.1) is 0 Å². The molecule has 0 aromatic heterocycles. The van der Waals surface area contributed by atoms with Crippen molar-refractivity contribution in [3.63, 3.8) is 0 Å². The number of aldehydes is 1. The second-order valence-corrected chi connectivity index (χ2v) is 3.90. The summed E-state index contributed by atoms with van der Waals surface area (Å²) in [6, 6.07) is -1.26. The summed E-state index contributed by atoms with van der Waals surface area (Å²) in [5.41, 5.74) is 5.04. The first kappa shape index (κ1) is 21.7. The highest BCUT2D eigenvalue weighted by Gasteiger charge is 2.28. The minimum atomic E-state index is -1.79. The van der Waals surface area contributed by atoms with Gasteiger partial charge in [0.25, 0.3) is 0 Å². The van der Waals surface area contributed by atoms with E-state index in [9.17, 15) is 14.4 Å². The zero-order chi connectivity index (χ0) is 17.2. The Labute approximate surface area is 118 Å². The first-order chi connectivity index (χ1) is 9.58. The molecule has 0 radical (unpaired) electrons. The molecule has 0 aliphatic rings. The molecule has 0 aromatic rings. The van der Waals surface area contributed by atoms with Crippen LogP contribution in [0.15, 0.2) is 0 Å². The van der Waals surface area contributed by atoms with Crippen LogP contribution in [0.3, 0.4) is 0 Å². The molecule has 0 amide bonds. The van der Waals surface area contributed by atoms with Gasteiger partial charge in [-0.25, -0.2) is 4.79 Å². The quantitative estimate of drug-likeness (QED) is 0.199. The van der Waals surface area contributed by atoms with Crippen molar-refractivity contribution in [1.29, 1.82) is 0 Å². The number of aliphatic hydroxyl groups excluding tert-OH is 5. The van der Waals surface area contributed by atoms with Crippen molar-refractivity contribution >= 4 is 18.2 Å². The van der Waals surface area contributed by atoms with E-state index in [-0.39, 0.29) is 6.29 Å². The molecule has 11 nitrogen and oxygen atoms in total. The number of carboxylic acid groups (broad SMARTS) is 2. The molecule has 0 saturated heterocycles. The van der Waals surface area contributed by atoms with Crippen molar-refractivity contribution in [3.05, 3.63) is 0 Å². The summed E-state index contributed by atoms with van der Waals surface area (Å²) in [5, 5.41) is 59.3. The van der Waals surface area contributed by atoms with Gasteiger partial charge < -0.3 is 46.3 Å². The van der Waals surface area contributed by atoms with E-state index in [1.165, 1.54) is 0 Å². The molecular formula is C10H19NO10. The lowest BCUT2D eigenvalue weighted by Gasteiger charge is -2.23. The molecule has 21 heavy (non-hydrogen) atoms. The second kappa shape index (κ2) is 11.1. The molecular weight excluding hydrogens is 294 g/mol. The molecule has 0 aliphatic carbocycles. The Bertz CT molecular complexity index is 336. The Morgan fingerprint density at radius 2 is 1.52 bits per heavy atom. The summed E-state index contributed by atoms with van der Waals surface area (Å²) in [5.74, 6) is -2.85. The van der Waals surface area contributed by atoms with Crippen LogP contribution in [0.4, 0.5) is 0 Å². The van der Waals surface area contributed by atoms with E-state index in [1.807, 2.05) is 0 Å². The maximum absolute atomic E-state index is 10.0. The fraction of sp³-hybridized carbons (Fsp3) is 0.700. The number of carbonyl (C=O) groups excluding carboxylic acids is 1. The van der Waals surface area contributed by atoms with E-state index in [0.717, 1.165) is 0 Å². The van der Waals surface area contributed by atoms with E-state index in [2.05, 4.69) is 0 Å². The summed E-state index contributed by atoms with van der Waals surface area (Å²) in [4.78, 5) is 29.4. The Balaban J connectivity index is 0. The molecule has 1 unspecified atom stereocenters. The monoisotopic (exact) mass is 313 g/mol. The Morgan fingerprint density at radius 1 is 1.05 bits per heavy atom. The van der Waals surface area contributed by atoms with Gasteiger partial charge in [-0.1, -0.05) is 0 Å². The van der Waals surface area contributed by atoms with E-state index < -0.39 is 55.4 Å². The Kier molecular flexibility index (Phi) is 11.4. The maximum atomic E-state index is 10.0. The van der Waals surface area contributed by atoms with Crippen molar-refractivity contribution in [2.45, 2.75) is 36.9 Å². The third-order valence-electron chi connectivity index (χ3n) is 2.14. The molecule has 0 aliphatic heterocycles. The first-order valence-corrected chi connectivity index (χ1v) is 5.57. The molecule has 0 bridgehead atoms. The lowest BCUT2D eigenvalue weighted by Crippen LogP contribution is -2.49. The third kappa shape index (κ3) is 9.84. The number of aliphatic carboxylic acids is 2. The van der Waals surface area contributed by atoms with Crippen LogP contribution in [-0.4, -0.2) is 91.0 Å². The van der Waals surface area contributed by atoms with Crippen molar-refractivity contribution in [3.8, 4) is 0 Å². The fourth-order valence-electron chi connectivity index (χ4n) is 0.896. The summed E-state index contributed by atoms with van der Waals surface area (Å²) in [6.45, 7) is -0.705. The molecule has 11 heteroatoms. The highest BCUT2D eigenvalue weighted by Crippen LogP contribution is 2.01. The predicted octanol–water partition coefficient (Wildman–Crippen LogP) is -4.51. The molecule has 0 aromatic carbocycles. The number of hydrogen-bond donors (Lipinski definition) is 8. The van der Waals surface area contributed by atoms with Gasteiger partial charge in [-0.05, 0) is 0 Å². The summed E-state index contributed by atoms with van der Waals surface area (Å²) >= 11 is 0. The number of aliphatic hydroxyl groups is 5. The standard InChI is InChI=1S/C6H13NO5.C4H6O5/c7-3(1-8)5(11)6(12)4(10)2-9;5-2(4(8)9)1-3(6)7/h1,3-6,9-12H,2,7H2;2,5H,1H2,(H,6,7)(H,8,9)/t3-,4+,5+,6+;/m0./s1. The predicted molar refractivity (Wildman–Crippen MR) is 65.0 cm³/mol. The molecule has 0 saturated carbocycles. The normalized spacial score (nSPS) is 17.4. The highest BCUT2D eigenvalue weighted by molar-refractivity contribution is 5.79. The topological polar surface area (TPSA) is 219 Å². The van der Waals surface area contributed by atoms with Gasteiger partial charge in [0.2, 0.25) is 0 Å². The second-order valence-electron chi connectivity index (χ2n) is 3.90. The SMILES string of the molecule is N[C@@H](C=O)[C@@H](O)[C@H](O)[C@H](O)CO.O=C(O)CC(O)C(=O)O. The molecule has 5 atom stereocenters. The average Bonchev–Trinajstić information content (AvgIpc) is 2.43. The van der Waals surface area contributed by atoms with Crippen LogP contribution >= 0.6 is 0 Å². The summed E-state index contributed by atoms with van der Waals surface area (Å²) in [7, 11) is 0. The largest absolute Gasteiger partial charge is 0.481 e. The molecule has 124 valence electrons. The van der Waals surface area contributed by atoms with Gasteiger partial charge in [0.15, 0.2) is 6.10 Å². The smallest absolute Gasteiger partial charge is 0.333 e. The Hall–Kier alpha value is -1.63. The van der Waals surface area contributed by atoms with Gasteiger partial charge in [-0.3, -0.25) is 4.79 Å². The van der Waals surface area contributed by atoms with Gasteiger partial charge in [-0.2, -0.15) is 0 Å². The number of hydrogen-bond acceptors (Lipinski definition) is 9. The lowest BCUT2D eigenvalue weighted by molar-refractivity contribution is -0.152. The molecule has 9 N–H and O–H groups in total. The van der Waals surface area contributed by atoms with Gasteiger partial charge in [0.05, 0.1) is 19.1 Å². The van der Waals surface area contributed by atoms with Crippen molar-refractivity contribution in [1.82, 2.24) is 0 Å². The van der Waals surface area contributed by atoms with E-state index >= 15 is 0 Å². The zero-order valence-electron chi connectivity index (χ0n) is 10.8. The minimum Gasteiger partial charge on any atom is -0.481 e. The maximum Gasteiger partial charge on any atom is 0.333 e. The minimum absolute atomic E-state index is 0.248. The number of carboxylic acids is 2. The van der Waals surface area contributed by atoms with Crippen LogP contribution in [-0.2, 0) is 14.4 Å². The highest BCUT2D eigenvalue weighted by atomic mass is 16.4. The van der Waals surface area contributed by atoms with Crippen LogP contribution in [0.1, 0.15) is 6.42 Å². The molecule has 0 fully saturated rings.